The number of thiazole rings is 1. The molecule has 2 unspecified atom stereocenters. The fourth-order valence-electron chi connectivity index (χ4n) is 3.19. The highest BCUT2D eigenvalue weighted by atomic mass is 35.5. The number of nitrogens with one attached hydrogen (secondary N) is 1. The fourth-order valence-corrected chi connectivity index (χ4v) is 5.44. The molecule has 0 saturated carbocycles. The Morgan fingerprint density at radius 1 is 1.22 bits per heavy atom. The van der Waals surface area contributed by atoms with E-state index < -0.39 is 32.2 Å². The zero-order valence-electron chi connectivity index (χ0n) is 16.5. The summed E-state index contributed by atoms with van der Waals surface area (Å²) >= 11 is 6.59. The maximum absolute atomic E-state index is 13.3. The number of benzene rings is 2. The molecule has 168 valence electrons. The summed E-state index contributed by atoms with van der Waals surface area (Å²) in [7, 11) is -3.54. The van der Waals surface area contributed by atoms with Gasteiger partial charge in [0.2, 0.25) is 6.10 Å². The molecule has 0 bridgehead atoms. The van der Waals surface area contributed by atoms with E-state index in [9.17, 15) is 17.6 Å². The molecule has 7 nitrogen and oxygen atoms in total. The molecule has 1 aliphatic rings. The lowest BCUT2D eigenvalue weighted by atomic mass is 10.1. The Balaban J connectivity index is 1.60. The number of hydrogen-bond acceptors (Lipinski definition) is 7. The summed E-state index contributed by atoms with van der Waals surface area (Å²) in [6.45, 7) is 0.579. The van der Waals surface area contributed by atoms with E-state index in [0.29, 0.717) is 40.7 Å². The van der Waals surface area contributed by atoms with Gasteiger partial charge in [-0.25, -0.2) is 13.4 Å². The molecule has 2 aromatic carbocycles. The lowest BCUT2D eigenvalue weighted by Crippen LogP contribution is -2.26. The van der Waals surface area contributed by atoms with Gasteiger partial charge < -0.3 is 9.47 Å². The number of aromatic nitrogens is 1. The maximum Gasteiger partial charge on any atom is 0.271 e. The molecular formula is C21H18ClFN2O5S2. The number of amides is 1. The van der Waals surface area contributed by atoms with E-state index in [1.54, 1.807) is 24.3 Å². The summed E-state index contributed by atoms with van der Waals surface area (Å²) in [6.07, 6.45) is 0.302. The number of ether oxygens (including phenoxy) is 2. The van der Waals surface area contributed by atoms with Gasteiger partial charge in [0.15, 0.2) is 20.1 Å². The van der Waals surface area contributed by atoms with Crippen molar-refractivity contribution in [2.75, 3.05) is 18.5 Å². The van der Waals surface area contributed by atoms with E-state index in [0.717, 1.165) is 6.20 Å². The van der Waals surface area contributed by atoms with E-state index in [-0.39, 0.29) is 16.6 Å². The second-order valence-electron chi connectivity index (χ2n) is 7.01. The van der Waals surface area contributed by atoms with Gasteiger partial charge in [-0.05, 0) is 42.8 Å². The number of anilines is 1. The highest BCUT2D eigenvalue weighted by Crippen LogP contribution is 2.28. The number of carbonyl (C=O) groups excluding carboxylic acids is 1. The van der Waals surface area contributed by atoms with E-state index >= 15 is 0 Å². The minimum Gasteiger partial charge on any atom is -0.476 e. The quantitative estimate of drug-likeness (QED) is 0.525. The SMILES string of the molecule is O=C(Nc1ncc(F)s1)C(Oc1ccc(Cl)cc1)c1ccc(S(=O)(=O)C2CCOC2)cc1. The van der Waals surface area contributed by atoms with Gasteiger partial charge in [-0.3, -0.25) is 10.1 Å². The number of hydrogen-bond donors (Lipinski definition) is 1. The summed E-state index contributed by atoms with van der Waals surface area (Å²) in [4.78, 5) is 16.9. The minimum atomic E-state index is -3.54. The fraction of sp³-hybridized carbons (Fsp3) is 0.238. The van der Waals surface area contributed by atoms with Crippen molar-refractivity contribution in [1.29, 1.82) is 0 Å². The van der Waals surface area contributed by atoms with Crippen molar-refractivity contribution in [2.24, 2.45) is 0 Å². The van der Waals surface area contributed by atoms with Crippen LogP contribution < -0.4 is 10.1 Å². The van der Waals surface area contributed by atoms with Gasteiger partial charge in [0.25, 0.3) is 5.91 Å². The average Bonchev–Trinajstić information content (AvgIpc) is 3.46. The molecule has 4 rings (SSSR count). The Labute approximate surface area is 193 Å². The second-order valence-corrected chi connectivity index (χ2v) is 10.7. The minimum absolute atomic E-state index is 0.0811. The van der Waals surface area contributed by atoms with Crippen molar-refractivity contribution in [2.45, 2.75) is 22.7 Å². The number of carbonyl (C=O) groups is 1. The molecule has 0 radical (unpaired) electrons. The van der Waals surface area contributed by atoms with Gasteiger partial charge in [-0.15, -0.1) is 0 Å². The zero-order chi connectivity index (χ0) is 22.7. The molecule has 0 spiro atoms. The van der Waals surface area contributed by atoms with Crippen molar-refractivity contribution in [3.63, 3.8) is 0 Å². The Hall–Kier alpha value is -2.53. The molecule has 2 heterocycles. The normalized spacial score (nSPS) is 17.1. The molecule has 1 aromatic heterocycles. The first-order chi connectivity index (χ1) is 15.3. The van der Waals surface area contributed by atoms with Crippen LogP contribution in [0.15, 0.2) is 59.6 Å². The van der Waals surface area contributed by atoms with Crippen LogP contribution in [-0.4, -0.2) is 37.8 Å². The molecule has 1 amide bonds. The molecule has 1 aliphatic heterocycles. The summed E-state index contributed by atoms with van der Waals surface area (Å²) in [5.41, 5.74) is 0.413. The molecule has 3 aromatic rings. The summed E-state index contributed by atoms with van der Waals surface area (Å²) in [5.74, 6) is -0.214. The maximum atomic E-state index is 13.3. The summed E-state index contributed by atoms with van der Waals surface area (Å²) < 4.78 is 49.9. The first kappa shape index (κ1) is 22.7. The summed E-state index contributed by atoms with van der Waals surface area (Å²) in [5, 5.41) is 1.98. The van der Waals surface area contributed by atoms with Crippen LogP contribution in [0, 0.1) is 5.13 Å². The topological polar surface area (TPSA) is 94.6 Å². The van der Waals surface area contributed by atoms with Crippen LogP contribution in [-0.2, 0) is 19.4 Å². The van der Waals surface area contributed by atoms with Crippen molar-refractivity contribution in [1.82, 2.24) is 4.98 Å². The number of nitrogens with zero attached hydrogens (tertiary/aromatic N) is 1. The van der Waals surface area contributed by atoms with E-state index in [4.69, 9.17) is 21.1 Å². The molecule has 2 atom stereocenters. The third-order valence-corrected chi connectivity index (χ3v) is 7.98. The van der Waals surface area contributed by atoms with Gasteiger partial charge in [0.1, 0.15) is 5.75 Å². The Morgan fingerprint density at radius 3 is 2.53 bits per heavy atom. The van der Waals surface area contributed by atoms with Gasteiger partial charge in [0, 0.05) is 17.2 Å². The number of rotatable bonds is 7. The largest absolute Gasteiger partial charge is 0.476 e. The van der Waals surface area contributed by atoms with Crippen molar-refractivity contribution < 1.29 is 27.1 Å². The zero-order valence-corrected chi connectivity index (χ0v) is 18.9. The molecule has 1 N–H and O–H groups in total. The standard InChI is InChI=1S/C21H18ClFN2O5S2/c22-14-3-5-15(6-4-14)30-19(20(26)25-21-24-11-18(23)31-21)13-1-7-16(8-2-13)32(27,28)17-9-10-29-12-17/h1-8,11,17,19H,9-10,12H2,(H,24,25,26). The van der Waals surface area contributed by atoms with Crippen molar-refractivity contribution >= 4 is 43.8 Å². The Morgan fingerprint density at radius 2 is 1.94 bits per heavy atom. The summed E-state index contributed by atoms with van der Waals surface area (Å²) in [6, 6.07) is 12.4. The van der Waals surface area contributed by atoms with Crippen molar-refractivity contribution in [3.05, 3.63) is 70.4 Å². The van der Waals surface area contributed by atoms with Crippen LogP contribution in [0.4, 0.5) is 9.52 Å². The first-order valence-electron chi connectivity index (χ1n) is 9.59. The monoisotopic (exact) mass is 496 g/mol. The van der Waals surface area contributed by atoms with E-state index in [1.165, 1.54) is 24.3 Å². The first-order valence-corrected chi connectivity index (χ1v) is 12.3. The van der Waals surface area contributed by atoms with Crippen LogP contribution in [0.5, 0.6) is 5.75 Å². The van der Waals surface area contributed by atoms with Crippen molar-refractivity contribution in [3.8, 4) is 5.75 Å². The predicted molar refractivity (Wildman–Crippen MR) is 118 cm³/mol. The van der Waals surface area contributed by atoms with Gasteiger partial charge in [0.05, 0.1) is 22.9 Å². The lowest BCUT2D eigenvalue weighted by molar-refractivity contribution is -0.123. The third kappa shape index (κ3) is 5.09. The number of halogens is 2. The van der Waals surface area contributed by atoms with Crippen LogP contribution >= 0.6 is 22.9 Å². The molecule has 0 aliphatic carbocycles. The number of sulfone groups is 1. The van der Waals surface area contributed by atoms with Crippen LogP contribution in [0.25, 0.3) is 0 Å². The smallest absolute Gasteiger partial charge is 0.271 e. The molecule has 1 saturated heterocycles. The predicted octanol–water partition coefficient (Wildman–Crippen LogP) is 4.26. The molecule has 11 heteroatoms. The van der Waals surface area contributed by atoms with E-state index in [1.807, 2.05) is 0 Å². The van der Waals surface area contributed by atoms with Gasteiger partial charge in [-0.2, -0.15) is 4.39 Å². The molecule has 32 heavy (non-hydrogen) atoms. The Kier molecular flexibility index (Phi) is 6.75. The Bertz CT molecular complexity index is 1190. The van der Waals surface area contributed by atoms with Crippen LogP contribution in [0.3, 0.4) is 0 Å². The highest BCUT2D eigenvalue weighted by molar-refractivity contribution is 7.92. The van der Waals surface area contributed by atoms with Gasteiger partial charge in [-0.1, -0.05) is 35.1 Å². The molecular weight excluding hydrogens is 479 g/mol. The second kappa shape index (κ2) is 9.53. The highest BCUT2D eigenvalue weighted by Gasteiger charge is 2.32. The van der Waals surface area contributed by atoms with Crippen LogP contribution in [0.1, 0.15) is 18.1 Å². The van der Waals surface area contributed by atoms with E-state index in [2.05, 4.69) is 10.3 Å². The molecule has 1 fully saturated rings. The third-order valence-electron chi connectivity index (χ3n) is 4.85. The van der Waals surface area contributed by atoms with Gasteiger partial charge >= 0.3 is 0 Å². The average molecular weight is 497 g/mol. The van der Waals surface area contributed by atoms with Crippen LogP contribution in [0.2, 0.25) is 5.02 Å². The lowest BCUT2D eigenvalue weighted by Gasteiger charge is -2.19.